The van der Waals surface area contributed by atoms with E-state index < -0.39 is 0 Å². The number of aliphatic imine (C=N–C) groups is 1. The lowest BCUT2D eigenvalue weighted by Gasteiger charge is -2.32. The van der Waals surface area contributed by atoms with Gasteiger partial charge in [-0.25, -0.2) is 4.39 Å². The monoisotopic (exact) mass is 319 g/mol. The van der Waals surface area contributed by atoms with Crippen LogP contribution in [-0.2, 0) is 4.79 Å². The minimum Gasteiger partial charge on any atom is -0.299 e. The summed E-state index contributed by atoms with van der Waals surface area (Å²) in [5.74, 6) is 0.355. The molecule has 0 spiro atoms. The molecule has 3 aliphatic rings. The number of nitrogens with zero attached hydrogens (tertiary/aromatic N) is 1. The maximum absolute atomic E-state index is 13.4. The number of halogens is 1. The van der Waals surface area contributed by atoms with Crippen molar-refractivity contribution in [2.24, 2.45) is 16.8 Å². The molecule has 1 saturated carbocycles. The molecule has 1 fully saturated rings. The molecule has 1 aliphatic heterocycles. The number of carbonyl (C=O) groups is 1. The van der Waals surface area contributed by atoms with Crippen molar-refractivity contribution in [2.45, 2.75) is 18.9 Å². The number of benzene rings is 1. The highest BCUT2D eigenvalue weighted by Crippen LogP contribution is 2.44. The van der Waals surface area contributed by atoms with Gasteiger partial charge in [0.2, 0.25) is 0 Å². The quantitative estimate of drug-likeness (QED) is 0.600. The van der Waals surface area contributed by atoms with E-state index in [9.17, 15) is 9.18 Å². The summed E-state index contributed by atoms with van der Waals surface area (Å²) in [5.41, 5.74) is 4.24. The van der Waals surface area contributed by atoms with E-state index in [0.29, 0.717) is 5.92 Å². The zero-order valence-corrected chi connectivity index (χ0v) is 13.2. The molecule has 0 aromatic heterocycles. The van der Waals surface area contributed by atoms with Crippen molar-refractivity contribution in [3.05, 3.63) is 77.7 Å². The van der Waals surface area contributed by atoms with Crippen LogP contribution in [0, 0.1) is 17.7 Å². The van der Waals surface area contributed by atoms with Crippen LogP contribution in [0.4, 0.5) is 4.39 Å². The number of rotatable bonds is 4. The maximum Gasteiger partial charge on any atom is 0.142 e. The highest BCUT2D eigenvalue weighted by molar-refractivity contribution is 6.13. The number of allylic oxidation sites excluding steroid dienone is 5. The highest BCUT2D eigenvalue weighted by Gasteiger charge is 2.37. The highest BCUT2D eigenvalue weighted by atomic mass is 19.1. The van der Waals surface area contributed by atoms with Gasteiger partial charge in [-0.1, -0.05) is 36.4 Å². The Hall–Kier alpha value is -2.55. The third kappa shape index (κ3) is 2.71. The Morgan fingerprint density at radius 3 is 2.54 bits per heavy atom. The molecular formula is C21H18FNO. The number of aldehydes is 1. The van der Waals surface area contributed by atoms with Crippen LogP contribution < -0.4 is 0 Å². The van der Waals surface area contributed by atoms with E-state index in [1.807, 2.05) is 30.4 Å². The van der Waals surface area contributed by atoms with Gasteiger partial charge >= 0.3 is 0 Å². The van der Waals surface area contributed by atoms with Crippen molar-refractivity contribution in [3.63, 3.8) is 0 Å². The number of hydrogen-bond donors (Lipinski definition) is 0. The van der Waals surface area contributed by atoms with E-state index >= 15 is 0 Å². The Balaban J connectivity index is 1.91. The van der Waals surface area contributed by atoms with E-state index in [1.165, 1.54) is 18.2 Å². The Labute approximate surface area is 140 Å². The molecule has 2 aliphatic carbocycles. The summed E-state index contributed by atoms with van der Waals surface area (Å²) >= 11 is 0. The van der Waals surface area contributed by atoms with Crippen LogP contribution in [0.15, 0.2) is 71.3 Å². The topological polar surface area (TPSA) is 29.4 Å². The van der Waals surface area contributed by atoms with E-state index in [4.69, 9.17) is 4.99 Å². The number of carbonyl (C=O) groups excluding carboxylic acids is 1. The van der Waals surface area contributed by atoms with Gasteiger partial charge in [-0.05, 0) is 48.3 Å². The minimum atomic E-state index is -0.244. The zero-order chi connectivity index (χ0) is 16.5. The molecule has 1 aromatic rings. The lowest BCUT2D eigenvalue weighted by molar-refractivity contribution is -0.104. The third-order valence-corrected chi connectivity index (χ3v) is 4.75. The van der Waals surface area contributed by atoms with Gasteiger partial charge in [0.1, 0.15) is 12.1 Å². The first-order chi connectivity index (χ1) is 11.8. The average Bonchev–Trinajstić information content (AvgIpc) is 3.44. The minimum absolute atomic E-state index is 0.0824. The first-order valence-electron chi connectivity index (χ1n) is 8.33. The second-order valence-corrected chi connectivity index (χ2v) is 6.40. The molecule has 2 nitrogen and oxygen atoms in total. The zero-order valence-electron chi connectivity index (χ0n) is 13.2. The fraction of sp³-hybridized carbons (Fsp3) is 0.238. The van der Waals surface area contributed by atoms with Crippen molar-refractivity contribution in [1.29, 1.82) is 0 Å². The molecule has 24 heavy (non-hydrogen) atoms. The maximum atomic E-state index is 13.4. The molecule has 2 atom stereocenters. The Bertz CT molecular complexity index is 807. The van der Waals surface area contributed by atoms with Crippen LogP contribution in [0.2, 0.25) is 0 Å². The standard InChI is InChI=1S/C21H18FNO/c22-16-11-9-14(10-12-16)20-17-4-1-2-6-19(17)23-21(15-7-8-15)18(20)5-3-13-24/h1-6,9-13,15,17,19H,7-8H2/b5-3+/t17-,19?/m0/s1. The molecule has 3 heteroatoms. The first-order valence-corrected chi connectivity index (χ1v) is 8.33. The van der Waals surface area contributed by atoms with Crippen LogP contribution in [-0.4, -0.2) is 18.0 Å². The molecule has 1 aromatic carbocycles. The summed E-state index contributed by atoms with van der Waals surface area (Å²) in [6.45, 7) is 0. The number of hydrogen-bond acceptors (Lipinski definition) is 2. The van der Waals surface area contributed by atoms with E-state index in [2.05, 4.69) is 12.2 Å². The fourth-order valence-electron chi connectivity index (χ4n) is 3.50. The SMILES string of the molecule is O=C/C=C/C1=C(c2ccc(F)cc2)[C@H]2C=CC=CC2N=C1C1CC1. The molecule has 120 valence electrons. The van der Waals surface area contributed by atoms with Crippen LogP contribution in [0.3, 0.4) is 0 Å². The number of fused-ring (bicyclic) bond motifs is 1. The molecular weight excluding hydrogens is 301 g/mol. The van der Waals surface area contributed by atoms with Crippen LogP contribution in [0.1, 0.15) is 18.4 Å². The largest absolute Gasteiger partial charge is 0.299 e. The Morgan fingerprint density at radius 1 is 1.08 bits per heavy atom. The van der Waals surface area contributed by atoms with Crippen LogP contribution >= 0.6 is 0 Å². The van der Waals surface area contributed by atoms with Gasteiger partial charge in [0.25, 0.3) is 0 Å². The molecule has 4 rings (SSSR count). The van der Waals surface area contributed by atoms with Crippen molar-refractivity contribution >= 4 is 17.6 Å². The molecule has 0 bridgehead atoms. The molecule has 1 unspecified atom stereocenters. The van der Waals surface area contributed by atoms with Crippen molar-refractivity contribution in [2.75, 3.05) is 0 Å². The molecule has 0 saturated heterocycles. The molecule has 1 heterocycles. The summed E-state index contributed by atoms with van der Waals surface area (Å²) in [6.07, 6.45) is 14.8. The third-order valence-electron chi connectivity index (χ3n) is 4.75. The summed E-state index contributed by atoms with van der Waals surface area (Å²) in [5, 5.41) is 0. The summed E-state index contributed by atoms with van der Waals surface area (Å²) in [4.78, 5) is 15.9. The van der Waals surface area contributed by atoms with Crippen LogP contribution in [0.25, 0.3) is 5.57 Å². The average molecular weight is 319 g/mol. The summed E-state index contributed by atoms with van der Waals surface area (Å²) in [6, 6.07) is 6.70. The first kappa shape index (κ1) is 15.0. The van der Waals surface area contributed by atoms with Gasteiger partial charge in [-0.3, -0.25) is 9.79 Å². The van der Waals surface area contributed by atoms with Gasteiger partial charge in [0.15, 0.2) is 0 Å². The molecule has 0 amide bonds. The van der Waals surface area contributed by atoms with Gasteiger partial charge in [-0.2, -0.15) is 0 Å². The van der Waals surface area contributed by atoms with Gasteiger partial charge in [-0.15, -0.1) is 0 Å². The lowest BCUT2D eigenvalue weighted by atomic mass is 9.77. The number of dihydropyridines is 1. The normalized spacial score (nSPS) is 25.8. The lowest BCUT2D eigenvalue weighted by Crippen LogP contribution is -2.27. The molecule has 0 radical (unpaired) electrons. The second-order valence-electron chi connectivity index (χ2n) is 6.40. The summed E-state index contributed by atoms with van der Waals surface area (Å²) in [7, 11) is 0. The van der Waals surface area contributed by atoms with Gasteiger partial charge < -0.3 is 0 Å². The van der Waals surface area contributed by atoms with Crippen molar-refractivity contribution in [3.8, 4) is 0 Å². The van der Waals surface area contributed by atoms with Crippen LogP contribution in [0.5, 0.6) is 0 Å². The Kier molecular flexibility index (Phi) is 3.85. The predicted molar refractivity (Wildman–Crippen MR) is 94.2 cm³/mol. The Morgan fingerprint density at radius 2 is 1.83 bits per heavy atom. The van der Waals surface area contributed by atoms with Gasteiger partial charge in [0, 0.05) is 23.1 Å². The van der Waals surface area contributed by atoms with E-state index in [0.717, 1.165) is 41.5 Å². The van der Waals surface area contributed by atoms with Crippen molar-refractivity contribution < 1.29 is 9.18 Å². The summed E-state index contributed by atoms with van der Waals surface area (Å²) < 4.78 is 13.4. The fourth-order valence-corrected chi connectivity index (χ4v) is 3.50. The molecule has 0 N–H and O–H groups in total. The predicted octanol–water partition coefficient (Wildman–Crippen LogP) is 4.31. The van der Waals surface area contributed by atoms with E-state index in [-0.39, 0.29) is 17.8 Å². The second kappa shape index (κ2) is 6.16. The van der Waals surface area contributed by atoms with Crippen molar-refractivity contribution in [1.82, 2.24) is 0 Å². The van der Waals surface area contributed by atoms with Gasteiger partial charge in [0.05, 0.1) is 6.04 Å². The van der Waals surface area contributed by atoms with E-state index in [1.54, 1.807) is 0 Å². The smallest absolute Gasteiger partial charge is 0.142 e.